The minimum absolute atomic E-state index is 0.0391. The number of nitrogens with one attached hydrogen (secondary N) is 1. The highest BCUT2D eigenvalue weighted by Crippen LogP contribution is 2.22. The monoisotopic (exact) mass is 313 g/mol. The molecule has 0 bridgehead atoms. The quantitative estimate of drug-likeness (QED) is 0.858. The first kappa shape index (κ1) is 15.5. The summed E-state index contributed by atoms with van der Waals surface area (Å²) in [6.45, 7) is 0.226. The summed E-state index contributed by atoms with van der Waals surface area (Å²) in [4.78, 5) is 0. The number of ether oxygens (including phenoxy) is 1. The van der Waals surface area contributed by atoms with E-state index in [2.05, 4.69) is 5.32 Å². The Balaban J connectivity index is 1.79. The largest absolute Gasteiger partial charge is 0.491 e. The molecule has 112 valence electrons. The standard InChI is InChI=1S/C15H14ClF2NO2/c16-14-7-11(18)3-6-15(14)19-8-12(20)9-21-13-4-1-10(17)2-5-13/h1-7,12,19-20H,8-9H2. The molecule has 2 rings (SSSR count). The minimum atomic E-state index is -0.795. The molecule has 2 N–H and O–H groups in total. The van der Waals surface area contributed by atoms with Crippen LogP contribution in [-0.2, 0) is 0 Å². The molecule has 3 nitrogen and oxygen atoms in total. The van der Waals surface area contributed by atoms with Crippen LogP contribution in [-0.4, -0.2) is 24.4 Å². The van der Waals surface area contributed by atoms with Crippen LogP contribution in [0.1, 0.15) is 0 Å². The molecule has 21 heavy (non-hydrogen) atoms. The molecule has 0 saturated heterocycles. The molecule has 2 aromatic rings. The molecule has 2 aromatic carbocycles. The fourth-order valence-corrected chi connectivity index (χ4v) is 1.88. The predicted octanol–water partition coefficient (Wildman–Crippen LogP) is 3.47. The summed E-state index contributed by atoms with van der Waals surface area (Å²) in [5.74, 6) is -0.309. The van der Waals surface area contributed by atoms with E-state index in [0.29, 0.717) is 11.4 Å². The van der Waals surface area contributed by atoms with Gasteiger partial charge in [-0.15, -0.1) is 0 Å². The Kier molecular flexibility index (Phi) is 5.36. The van der Waals surface area contributed by atoms with E-state index in [-0.39, 0.29) is 24.0 Å². The lowest BCUT2D eigenvalue weighted by Gasteiger charge is -2.14. The molecule has 1 atom stereocenters. The summed E-state index contributed by atoms with van der Waals surface area (Å²) in [5.41, 5.74) is 0.527. The van der Waals surface area contributed by atoms with Crippen LogP contribution in [0.15, 0.2) is 42.5 Å². The van der Waals surface area contributed by atoms with Gasteiger partial charge in [0.2, 0.25) is 0 Å². The summed E-state index contributed by atoms with van der Waals surface area (Å²) >= 11 is 5.85. The molecule has 0 aliphatic heterocycles. The van der Waals surface area contributed by atoms with Crippen LogP contribution >= 0.6 is 11.6 Å². The van der Waals surface area contributed by atoms with E-state index in [4.69, 9.17) is 16.3 Å². The SMILES string of the molecule is OC(CNc1ccc(F)cc1Cl)COc1ccc(F)cc1. The van der Waals surface area contributed by atoms with E-state index >= 15 is 0 Å². The van der Waals surface area contributed by atoms with Crippen molar-refractivity contribution in [3.63, 3.8) is 0 Å². The fourth-order valence-electron chi connectivity index (χ4n) is 1.64. The van der Waals surface area contributed by atoms with E-state index in [0.717, 1.165) is 0 Å². The van der Waals surface area contributed by atoms with Gasteiger partial charge in [0.05, 0.1) is 10.7 Å². The third-order valence-corrected chi connectivity index (χ3v) is 3.03. The second kappa shape index (κ2) is 7.24. The summed E-state index contributed by atoms with van der Waals surface area (Å²) in [6, 6.07) is 9.46. The van der Waals surface area contributed by atoms with Gasteiger partial charge >= 0.3 is 0 Å². The normalized spacial score (nSPS) is 12.0. The number of rotatable bonds is 6. The molecule has 0 fully saturated rings. The van der Waals surface area contributed by atoms with Crippen molar-refractivity contribution in [2.24, 2.45) is 0 Å². The zero-order valence-corrected chi connectivity index (χ0v) is 11.8. The minimum Gasteiger partial charge on any atom is -0.491 e. The molecular weight excluding hydrogens is 300 g/mol. The molecule has 0 aliphatic carbocycles. The van der Waals surface area contributed by atoms with Crippen LogP contribution < -0.4 is 10.1 Å². The van der Waals surface area contributed by atoms with E-state index in [9.17, 15) is 13.9 Å². The second-order valence-corrected chi connectivity index (χ2v) is 4.83. The third kappa shape index (κ3) is 4.88. The first-order valence-corrected chi connectivity index (χ1v) is 6.68. The van der Waals surface area contributed by atoms with Gasteiger partial charge in [0.25, 0.3) is 0 Å². The Morgan fingerprint density at radius 1 is 1.10 bits per heavy atom. The topological polar surface area (TPSA) is 41.5 Å². The van der Waals surface area contributed by atoms with E-state index in [1.807, 2.05) is 0 Å². The molecule has 0 aliphatic rings. The highest BCUT2D eigenvalue weighted by Gasteiger charge is 2.07. The lowest BCUT2D eigenvalue weighted by molar-refractivity contribution is 0.117. The average Bonchev–Trinajstić information content (AvgIpc) is 2.46. The number of hydrogen-bond donors (Lipinski definition) is 2. The summed E-state index contributed by atoms with van der Waals surface area (Å²) in [5, 5.41) is 12.9. The van der Waals surface area contributed by atoms with Gasteiger partial charge in [0, 0.05) is 6.54 Å². The van der Waals surface area contributed by atoms with Gasteiger partial charge in [0.15, 0.2) is 0 Å². The van der Waals surface area contributed by atoms with Gasteiger partial charge in [-0.05, 0) is 42.5 Å². The van der Waals surface area contributed by atoms with Crippen molar-refractivity contribution in [2.75, 3.05) is 18.5 Å². The molecule has 0 spiro atoms. The van der Waals surface area contributed by atoms with Gasteiger partial charge in [-0.3, -0.25) is 0 Å². The Labute approximate surface area is 126 Å². The molecule has 0 heterocycles. The van der Waals surface area contributed by atoms with Crippen molar-refractivity contribution in [3.8, 4) is 5.75 Å². The summed E-state index contributed by atoms with van der Waals surface area (Å²) < 4.78 is 30.9. The van der Waals surface area contributed by atoms with E-state index in [1.54, 1.807) is 0 Å². The smallest absolute Gasteiger partial charge is 0.124 e. The number of anilines is 1. The lowest BCUT2D eigenvalue weighted by atomic mass is 10.3. The number of benzene rings is 2. The predicted molar refractivity (Wildman–Crippen MR) is 77.8 cm³/mol. The summed E-state index contributed by atoms with van der Waals surface area (Å²) in [7, 11) is 0. The highest BCUT2D eigenvalue weighted by atomic mass is 35.5. The van der Waals surface area contributed by atoms with Crippen molar-refractivity contribution in [2.45, 2.75) is 6.10 Å². The fraction of sp³-hybridized carbons (Fsp3) is 0.200. The van der Waals surface area contributed by atoms with Crippen molar-refractivity contribution >= 4 is 17.3 Å². The molecule has 1 unspecified atom stereocenters. The van der Waals surface area contributed by atoms with Crippen LogP contribution in [0, 0.1) is 11.6 Å². The Hall–Kier alpha value is -1.85. The maximum absolute atomic E-state index is 12.9. The van der Waals surface area contributed by atoms with Crippen molar-refractivity contribution in [1.82, 2.24) is 0 Å². The molecule has 0 amide bonds. The molecular formula is C15H14ClF2NO2. The Bertz CT molecular complexity index is 593. The first-order valence-electron chi connectivity index (χ1n) is 6.30. The van der Waals surface area contributed by atoms with Gasteiger partial charge in [-0.25, -0.2) is 8.78 Å². The third-order valence-electron chi connectivity index (χ3n) is 2.72. The van der Waals surface area contributed by atoms with E-state index in [1.165, 1.54) is 42.5 Å². The van der Waals surface area contributed by atoms with Crippen LogP contribution in [0.5, 0.6) is 5.75 Å². The Morgan fingerprint density at radius 2 is 1.76 bits per heavy atom. The number of halogens is 3. The van der Waals surface area contributed by atoms with Gasteiger partial charge < -0.3 is 15.2 Å². The van der Waals surface area contributed by atoms with Crippen LogP contribution in [0.25, 0.3) is 0 Å². The summed E-state index contributed by atoms with van der Waals surface area (Å²) in [6.07, 6.45) is -0.795. The van der Waals surface area contributed by atoms with Crippen molar-refractivity contribution < 1.29 is 18.6 Å². The van der Waals surface area contributed by atoms with Gasteiger partial charge in [-0.2, -0.15) is 0 Å². The van der Waals surface area contributed by atoms with Crippen molar-refractivity contribution in [3.05, 3.63) is 59.1 Å². The van der Waals surface area contributed by atoms with E-state index < -0.39 is 11.9 Å². The van der Waals surface area contributed by atoms with Gasteiger partial charge in [-0.1, -0.05) is 11.6 Å². The highest BCUT2D eigenvalue weighted by molar-refractivity contribution is 6.33. The number of aliphatic hydroxyl groups excluding tert-OH is 1. The number of hydrogen-bond acceptors (Lipinski definition) is 3. The Morgan fingerprint density at radius 3 is 2.43 bits per heavy atom. The zero-order valence-electron chi connectivity index (χ0n) is 11.0. The van der Waals surface area contributed by atoms with Crippen molar-refractivity contribution in [1.29, 1.82) is 0 Å². The molecule has 6 heteroatoms. The van der Waals surface area contributed by atoms with Crippen LogP contribution in [0.3, 0.4) is 0 Å². The maximum Gasteiger partial charge on any atom is 0.124 e. The maximum atomic E-state index is 12.9. The second-order valence-electron chi connectivity index (χ2n) is 4.42. The zero-order chi connectivity index (χ0) is 15.2. The molecule has 0 radical (unpaired) electrons. The molecule has 0 saturated carbocycles. The first-order chi connectivity index (χ1) is 10.0. The van der Waals surface area contributed by atoms with Crippen LogP contribution in [0.2, 0.25) is 5.02 Å². The van der Waals surface area contributed by atoms with Gasteiger partial charge in [0.1, 0.15) is 30.1 Å². The lowest BCUT2D eigenvalue weighted by Crippen LogP contribution is -2.26. The number of aliphatic hydroxyl groups is 1. The molecule has 0 aromatic heterocycles. The van der Waals surface area contributed by atoms with Crippen LogP contribution in [0.4, 0.5) is 14.5 Å². The average molecular weight is 314 g/mol.